The topological polar surface area (TPSA) is 17.3 Å². The van der Waals surface area contributed by atoms with Crippen molar-refractivity contribution in [3.05, 3.63) is 35.7 Å². The largest absolute Gasteiger partial charge is 0.240 e. The van der Waals surface area contributed by atoms with E-state index in [4.69, 9.17) is 0 Å². The molecule has 2 nitrogen and oxygen atoms in total. The van der Waals surface area contributed by atoms with E-state index in [1.54, 1.807) is 0 Å². The molecule has 2 aromatic rings. The highest BCUT2D eigenvalue weighted by Gasteiger charge is 2.05. The smallest absolute Gasteiger partial charge is 0.0683 e. The summed E-state index contributed by atoms with van der Waals surface area (Å²) in [6.45, 7) is 6.51. The normalized spacial score (nSPS) is 11.4. The van der Waals surface area contributed by atoms with Gasteiger partial charge in [0, 0.05) is 12.4 Å². The number of hydrogen-bond donors (Lipinski definition) is 0. The molecule has 2 rings (SSSR count). The fourth-order valence-corrected chi connectivity index (χ4v) is 1.65. The molecule has 0 saturated heterocycles. The van der Waals surface area contributed by atoms with E-state index in [-0.39, 0.29) is 0 Å². The van der Waals surface area contributed by atoms with Gasteiger partial charge in [-0.1, -0.05) is 13.8 Å². The van der Waals surface area contributed by atoms with Crippen LogP contribution < -0.4 is 0 Å². The summed E-state index contributed by atoms with van der Waals surface area (Å²) in [5, 5.41) is 4.26. The first kappa shape index (κ1) is 8.30. The van der Waals surface area contributed by atoms with E-state index in [1.165, 1.54) is 16.6 Å². The second-order valence-corrected chi connectivity index (χ2v) is 3.79. The molecule has 0 unspecified atom stereocenters. The van der Waals surface area contributed by atoms with E-state index in [1.807, 2.05) is 10.7 Å². The lowest BCUT2D eigenvalue weighted by Gasteiger charge is -2.06. The van der Waals surface area contributed by atoms with Gasteiger partial charge < -0.3 is 0 Å². The average Bonchev–Trinajstić information content (AvgIpc) is 2.43. The minimum Gasteiger partial charge on any atom is -0.240 e. The SMILES string of the molecule is Cc1cc2c(C(C)C)ccnn2c1. The van der Waals surface area contributed by atoms with Gasteiger partial charge in [-0.3, -0.25) is 0 Å². The Morgan fingerprint density at radius 2 is 2.15 bits per heavy atom. The summed E-state index contributed by atoms with van der Waals surface area (Å²) in [5.74, 6) is 0.555. The lowest BCUT2D eigenvalue weighted by molar-refractivity contribution is 0.840. The van der Waals surface area contributed by atoms with Gasteiger partial charge in [-0.05, 0) is 36.1 Å². The van der Waals surface area contributed by atoms with Crippen molar-refractivity contribution in [1.82, 2.24) is 9.61 Å². The third-order valence-electron chi connectivity index (χ3n) is 2.30. The van der Waals surface area contributed by atoms with Crippen LogP contribution in [0.2, 0.25) is 0 Å². The van der Waals surface area contributed by atoms with Crippen molar-refractivity contribution in [2.45, 2.75) is 26.7 Å². The first-order valence-electron chi connectivity index (χ1n) is 4.62. The van der Waals surface area contributed by atoms with Crippen molar-refractivity contribution in [3.8, 4) is 0 Å². The zero-order chi connectivity index (χ0) is 9.42. The van der Waals surface area contributed by atoms with Gasteiger partial charge in [0.25, 0.3) is 0 Å². The minimum absolute atomic E-state index is 0.555. The Kier molecular flexibility index (Phi) is 1.83. The first-order valence-corrected chi connectivity index (χ1v) is 4.62. The van der Waals surface area contributed by atoms with E-state index in [0.29, 0.717) is 5.92 Å². The molecule has 2 heterocycles. The summed E-state index contributed by atoms with van der Waals surface area (Å²) >= 11 is 0. The molecule has 0 aliphatic rings. The molecule has 2 aromatic heterocycles. The fourth-order valence-electron chi connectivity index (χ4n) is 1.65. The summed E-state index contributed by atoms with van der Waals surface area (Å²) in [5.41, 5.74) is 3.86. The molecule has 0 radical (unpaired) electrons. The molecule has 0 bridgehead atoms. The predicted molar refractivity (Wildman–Crippen MR) is 54.0 cm³/mol. The Morgan fingerprint density at radius 1 is 1.38 bits per heavy atom. The van der Waals surface area contributed by atoms with Crippen LogP contribution in [0.15, 0.2) is 24.5 Å². The number of rotatable bonds is 1. The zero-order valence-corrected chi connectivity index (χ0v) is 8.28. The van der Waals surface area contributed by atoms with Crippen LogP contribution in [0, 0.1) is 6.92 Å². The van der Waals surface area contributed by atoms with Crippen LogP contribution >= 0.6 is 0 Å². The van der Waals surface area contributed by atoms with Gasteiger partial charge in [0.15, 0.2) is 0 Å². The van der Waals surface area contributed by atoms with E-state index >= 15 is 0 Å². The molecular formula is C11H14N2. The van der Waals surface area contributed by atoms with E-state index in [2.05, 4.69) is 44.2 Å². The highest BCUT2D eigenvalue weighted by molar-refractivity contribution is 5.57. The highest BCUT2D eigenvalue weighted by atomic mass is 15.2. The van der Waals surface area contributed by atoms with E-state index in [0.717, 1.165) is 0 Å². The lowest BCUT2D eigenvalue weighted by atomic mass is 10.0. The molecule has 0 aliphatic carbocycles. The van der Waals surface area contributed by atoms with Gasteiger partial charge in [0.1, 0.15) is 0 Å². The number of nitrogens with zero attached hydrogens (tertiary/aromatic N) is 2. The van der Waals surface area contributed by atoms with Crippen molar-refractivity contribution in [1.29, 1.82) is 0 Å². The molecule has 0 fully saturated rings. The van der Waals surface area contributed by atoms with E-state index in [9.17, 15) is 0 Å². The molecule has 0 amide bonds. The van der Waals surface area contributed by atoms with Crippen LogP contribution in [0.3, 0.4) is 0 Å². The van der Waals surface area contributed by atoms with Gasteiger partial charge in [0.05, 0.1) is 5.52 Å². The van der Waals surface area contributed by atoms with Gasteiger partial charge in [0.2, 0.25) is 0 Å². The number of aromatic nitrogens is 2. The number of aryl methyl sites for hydroxylation is 1. The third-order valence-corrected chi connectivity index (χ3v) is 2.30. The maximum absolute atomic E-state index is 4.26. The quantitative estimate of drug-likeness (QED) is 0.649. The summed E-state index contributed by atoms with van der Waals surface area (Å²) in [6.07, 6.45) is 3.92. The molecular weight excluding hydrogens is 160 g/mol. The highest BCUT2D eigenvalue weighted by Crippen LogP contribution is 2.20. The molecule has 0 atom stereocenters. The van der Waals surface area contributed by atoms with Crippen molar-refractivity contribution in [2.24, 2.45) is 0 Å². The Bertz CT molecular complexity index is 427. The van der Waals surface area contributed by atoms with Gasteiger partial charge in [-0.15, -0.1) is 0 Å². The summed E-state index contributed by atoms with van der Waals surface area (Å²) < 4.78 is 1.95. The molecule has 0 saturated carbocycles. The molecule has 13 heavy (non-hydrogen) atoms. The Labute approximate surface area is 78.2 Å². The predicted octanol–water partition coefficient (Wildman–Crippen LogP) is 2.77. The van der Waals surface area contributed by atoms with Crippen LogP contribution in [0.5, 0.6) is 0 Å². The van der Waals surface area contributed by atoms with Crippen LogP contribution in [-0.4, -0.2) is 9.61 Å². The fraction of sp³-hybridized carbons (Fsp3) is 0.364. The Balaban J connectivity index is 2.75. The number of hydrogen-bond acceptors (Lipinski definition) is 1. The van der Waals surface area contributed by atoms with Gasteiger partial charge >= 0.3 is 0 Å². The molecule has 0 aromatic carbocycles. The lowest BCUT2D eigenvalue weighted by Crippen LogP contribution is -1.95. The Hall–Kier alpha value is -1.31. The van der Waals surface area contributed by atoms with Gasteiger partial charge in [-0.2, -0.15) is 5.10 Å². The third kappa shape index (κ3) is 1.32. The van der Waals surface area contributed by atoms with Crippen molar-refractivity contribution in [3.63, 3.8) is 0 Å². The summed E-state index contributed by atoms with van der Waals surface area (Å²) in [4.78, 5) is 0. The first-order chi connectivity index (χ1) is 6.18. The second-order valence-electron chi connectivity index (χ2n) is 3.79. The van der Waals surface area contributed by atoms with Crippen LogP contribution in [0.25, 0.3) is 5.52 Å². The molecule has 2 heteroatoms. The zero-order valence-electron chi connectivity index (χ0n) is 8.28. The van der Waals surface area contributed by atoms with E-state index < -0.39 is 0 Å². The molecule has 0 aliphatic heterocycles. The molecule has 0 N–H and O–H groups in total. The molecule has 0 spiro atoms. The van der Waals surface area contributed by atoms with Crippen LogP contribution in [0.1, 0.15) is 30.9 Å². The number of fused-ring (bicyclic) bond motifs is 1. The average molecular weight is 174 g/mol. The monoisotopic (exact) mass is 174 g/mol. The second kappa shape index (κ2) is 2.87. The standard InChI is InChI=1S/C11H14N2/c1-8(2)10-4-5-12-13-7-9(3)6-11(10)13/h4-8H,1-3H3. The van der Waals surface area contributed by atoms with Gasteiger partial charge in [-0.25, -0.2) is 4.52 Å². The summed E-state index contributed by atoms with van der Waals surface area (Å²) in [7, 11) is 0. The van der Waals surface area contributed by atoms with Crippen molar-refractivity contribution in [2.75, 3.05) is 0 Å². The maximum atomic E-state index is 4.26. The maximum Gasteiger partial charge on any atom is 0.0683 e. The van der Waals surface area contributed by atoms with Crippen molar-refractivity contribution >= 4 is 5.52 Å². The van der Waals surface area contributed by atoms with Crippen molar-refractivity contribution < 1.29 is 0 Å². The van der Waals surface area contributed by atoms with Crippen LogP contribution in [-0.2, 0) is 0 Å². The summed E-state index contributed by atoms with van der Waals surface area (Å²) in [6, 6.07) is 4.28. The molecule has 68 valence electrons. The minimum atomic E-state index is 0.555. The Morgan fingerprint density at radius 3 is 2.85 bits per heavy atom. The van der Waals surface area contributed by atoms with Crippen LogP contribution in [0.4, 0.5) is 0 Å².